The third kappa shape index (κ3) is 5.89. The molecule has 9 heteroatoms. The fourth-order valence-electron chi connectivity index (χ4n) is 3.35. The van der Waals surface area contributed by atoms with Gasteiger partial charge in [-0.05, 0) is 65.8 Å². The highest BCUT2D eigenvalue weighted by molar-refractivity contribution is 7.80. The van der Waals surface area contributed by atoms with Crippen LogP contribution in [0, 0.1) is 0 Å². The molecule has 4 rings (SSSR count). The molecule has 0 saturated carbocycles. The number of rotatable bonds is 5. The molecule has 0 radical (unpaired) electrons. The zero-order chi connectivity index (χ0) is 24.9. The van der Waals surface area contributed by atoms with Gasteiger partial charge < -0.3 is 14.5 Å². The fraction of sp³-hybridized carbons (Fsp3) is 0.0385. The normalized spacial score (nSPS) is 10.9. The smallest absolute Gasteiger partial charge is 0.344 e. The van der Waals surface area contributed by atoms with Crippen molar-refractivity contribution in [3.8, 4) is 16.9 Å². The average molecular weight is 525 g/mol. The Labute approximate surface area is 216 Å². The number of benzene rings is 3. The van der Waals surface area contributed by atoms with Crippen LogP contribution in [-0.2, 0) is 4.79 Å². The van der Waals surface area contributed by atoms with E-state index in [1.54, 1.807) is 60.7 Å². The van der Waals surface area contributed by atoms with Gasteiger partial charge in [0.1, 0.15) is 11.3 Å². The summed E-state index contributed by atoms with van der Waals surface area (Å²) in [6, 6.07) is 19.1. The Morgan fingerprint density at radius 3 is 2.63 bits per heavy atom. The second kappa shape index (κ2) is 10.7. The summed E-state index contributed by atoms with van der Waals surface area (Å²) >= 11 is 17.3. The number of amides is 1. The van der Waals surface area contributed by atoms with Gasteiger partial charge in [0.2, 0.25) is 5.91 Å². The van der Waals surface area contributed by atoms with Crippen LogP contribution in [0.15, 0.2) is 82.0 Å². The maximum absolute atomic E-state index is 12.6. The second-order valence-electron chi connectivity index (χ2n) is 7.34. The quantitative estimate of drug-likeness (QED) is 0.181. The molecule has 35 heavy (non-hydrogen) atoms. The molecule has 3 aromatic carbocycles. The lowest BCUT2D eigenvalue weighted by Crippen LogP contribution is -2.32. The molecule has 1 amide bonds. The van der Waals surface area contributed by atoms with E-state index in [-0.39, 0.29) is 5.11 Å². The molecule has 0 aliphatic carbocycles. The third-order valence-corrected chi connectivity index (χ3v) is 5.78. The van der Waals surface area contributed by atoms with E-state index in [1.807, 2.05) is 12.1 Å². The molecule has 1 heterocycles. The number of anilines is 1. The zero-order valence-corrected chi connectivity index (χ0v) is 20.6. The van der Waals surface area contributed by atoms with Crippen LogP contribution in [0.3, 0.4) is 0 Å². The summed E-state index contributed by atoms with van der Waals surface area (Å²) in [5.74, 6) is 0.0119. The zero-order valence-electron chi connectivity index (χ0n) is 18.3. The number of halogens is 2. The molecule has 4 aromatic rings. The van der Waals surface area contributed by atoms with Gasteiger partial charge >= 0.3 is 5.63 Å². The molecule has 6 nitrogen and oxygen atoms in total. The number of thiocarbonyl (C=S) groups is 1. The Balaban J connectivity index is 1.53. The van der Waals surface area contributed by atoms with Gasteiger partial charge in [-0.15, -0.1) is 0 Å². The number of carbonyl (C=O) groups excluding carboxylic acids is 1. The summed E-state index contributed by atoms with van der Waals surface area (Å²) in [4.78, 5) is 24.9. The van der Waals surface area contributed by atoms with Crippen molar-refractivity contribution < 1.29 is 13.9 Å². The molecule has 2 N–H and O–H groups in total. The monoisotopic (exact) mass is 524 g/mol. The van der Waals surface area contributed by atoms with Gasteiger partial charge in [-0.1, -0.05) is 53.5 Å². The number of carbonyl (C=O) groups is 1. The van der Waals surface area contributed by atoms with E-state index in [2.05, 4.69) is 10.6 Å². The number of ether oxygens (including phenoxy) is 1. The van der Waals surface area contributed by atoms with Crippen LogP contribution in [0.5, 0.6) is 5.75 Å². The molecular weight excluding hydrogens is 507 g/mol. The van der Waals surface area contributed by atoms with Gasteiger partial charge in [0.25, 0.3) is 0 Å². The van der Waals surface area contributed by atoms with E-state index in [1.165, 1.54) is 13.2 Å². The maximum Gasteiger partial charge on any atom is 0.344 e. The number of nitrogens with one attached hydrogen (secondary N) is 2. The van der Waals surface area contributed by atoms with Crippen molar-refractivity contribution in [1.29, 1.82) is 0 Å². The van der Waals surface area contributed by atoms with Crippen LogP contribution in [-0.4, -0.2) is 18.1 Å². The summed E-state index contributed by atoms with van der Waals surface area (Å²) in [6.45, 7) is 0. The van der Waals surface area contributed by atoms with Gasteiger partial charge in [-0.25, -0.2) is 4.79 Å². The average Bonchev–Trinajstić information content (AvgIpc) is 2.83. The van der Waals surface area contributed by atoms with Crippen LogP contribution in [0.4, 0.5) is 5.69 Å². The number of fused-ring (bicyclic) bond motifs is 1. The first-order valence-electron chi connectivity index (χ1n) is 10.3. The van der Waals surface area contributed by atoms with Crippen molar-refractivity contribution in [3.63, 3.8) is 0 Å². The van der Waals surface area contributed by atoms with E-state index in [0.29, 0.717) is 43.8 Å². The fourth-order valence-corrected chi connectivity index (χ4v) is 4.03. The van der Waals surface area contributed by atoms with Crippen molar-refractivity contribution in [2.75, 3.05) is 12.4 Å². The molecule has 0 atom stereocenters. The second-order valence-corrected chi connectivity index (χ2v) is 8.59. The van der Waals surface area contributed by atoms with Crippen molar-refractivity contribution >= 4 is 69.2 Å². The first kappa shape index (κ1) is 24.5. The molecule has 0 unspecified atom stereocenters. The first-order chi connectivity index (χ1) is 16.8. The summed E-state index contributed by atoms with van der Waals surface area (Å²) < 4.78 is 10.8. The van der Waals surface area contributed by atoms with Crippen molar-refractivity contribution in [2.45, 2.75) is 0 Å². The highest BCUT2D eigenvalue weighted by Crippen LogP contribution is 2.30. The molecule has 0 aliphatic heterocycles. The molecule has 0 saturated heterocycles. The third-order valence-electron chi connectivity index (χ3n) is 5.01. The van der Waals surface area contributed by atoms with E-state index in [9.17, 15) is 9.59 Å². The molecule has 0 spiro atoms. The molecule has 0 aliphatic rings. The Morgan fingerprint density at radius 1 is 1.06 bits per heavy atom. The lowest BCUT2D eigenvalue weighted by molar-refractivity contribution is -0.115. The minimum absolute atomic E-state index is 0.0443. The molecule has 0 bridgehead atoms. The van der Waals surface area contributed by atoms with Crippen LogP contribution in [0.1, 0.15) is 5.56 Å². The Hall–Kier alpha value is -3.65. The van der Waals surface area contributed by atoms with Crippen molar-refractivity contribution in [3.05, 3.63) is 98.8 Å². The number of methoxy groups -OCH3 is 1. The predicted molar refractivity (Wildman–Crippen MR) is 144 cm³/mol. The largest absolute Gasteiger partial charge is 0.495 e. The highest BCUT2D eigenvalue weighted by atomic mass is 35.5. The predicted octanol–water partition coefficient (Wildman–Crippen LogP) is 6.30. The van der Waals surface area contributed by atoms with Crippen LogP contribution < -0.4 is 21.0 Å². The summed E-state index contributed by atoms with van der Waals surface area (Å²) in [6.07, 6.45) is 2.86. The van der Waals surface area contributed by atoms with Gasteiger partial charge in [-0.3, -0.25) is 10.1 Å². The summed E-state index contributed by atoms with van der Waals surface area (Å²) in [5.41, 5.74) is 2.11. The molecule has 176 valence electrons. The summed E-state index contributed by atoms with van der Waals surface area (Å²) in [5, 5.41) is 7.26. The van der Waals surface area contributed by atoms with E-state index >= 15 is 0 Å². The van der Waals surface area contributed by atoms with Crippen LogP contribution >= 0.6 is 35.4 Å². The van der Waals surface area contributed by atoms with Crippen molar-refractivity contribution in [1.82, 2.24) is 5.32 Å². The number of hydrogen-bond acceptors (Lipinski definition) is 5. The Bertz CT molecular complexity index is 1530. The van der Waals surface area contributed by atoms with Crippen LogP contribution in [0.2, 0.25) is 10.0 Å². The van der Waals surface area contributed by atoms with E-state index in [4.69, 9.17) is 44.6 Å². The summed E-state index contributed by atoms with van der Waals surface area (Å²) in [7, 11) is 1.50. The molecular formula is C26H18Cl2N2O4S. The molecule has 1 aromatic heterocycles. The van der Waals surface area contributed by atoms with Gasteiger partial charge in [0.05, 0.1) is 18.4 Å². The minimum atomic E-state index is -0.471. The first-order valence-corrected chi connectivity index (χ1v) is 11.5. The van der Waals surface area contributed by atoms with Gasteiger partial charge in [0, 0.05) is 21.5 Å². The van der Waals surface area contributed by atoms with E-state index in [0.717, 1.165) is 5.39 Å². The maximum atomic E-state index is 12.6. The van der Waals surface area contributed by atoms with Gasteiger partial charge in [-0.2, -0.15) is 0 Å². The topological polar surface area (TPSA) is 80.6 Å². The number of para-hydroxylation sites is 1. The standard InChI is InChI=1S/C26H18Cl2N2O4S/c1-33-23-10-7-16(19-12-17-4-2-3-5-22(17)34-25(19)32)13-21(23)29-26(35)30-24(31)11-8-15-6-9-18(27)14-20(15)28/h2-14H,1H3,(H2,29,30,31,35). The highest BCUT2D eigenvalue weighted by Gasteiger charge is 2.13. The lowest BCUT2D eigenvalue weighted by Gasteiger charge is -2.14. The Morgan fingerprint density at radius 2 is 1.86 bits per heavy atom. The van der Waals surface area contributed by atoms with Gasteiger partial charge in [0.15, 0.2) is 5.11 Å². The Kier molecular flexibility index (Phi) is 7.51. The van der Waals surface area contributed by atoms with E-state index < -0.39 is 11.5 Å². The van der Waals surface area contributed by atoms with Crippen molar-refractivity contribution in [2.24, 2.45) is 0 Å². The van der Waals surface area contributed by atoms with Crippen LogP contribution in [0.25, 0.3) is 28.2 Å². The minimum Gasteiger partial charge on any atom is -0.495 e. The molecule has 0 fully saturated rings. The lowest BCUT2D eigenvalue weighted by atomic mass is 10.0. The number of hydrogen-bond donors (Lipinski definition) is 2. The SMILES string of the molecule is COc1ccc(-c2cc3ccccc3oc2=O)cc1NC(=S)NC(=O)C=Cc1ccc(Cl)cc1Cl.